The van der Waals surface area contributed by atoms with E-state index in [1.54, 1.807) is 6.07 Å². The maximum absolute atomic E-state index is 13.7. The van der Waals surface area contributed by atoms with E-state index in [9.17, 15) is 9.18 Å². The number of hydrogen-bond acceptors (Lipinski definition) is 4. The number of likely N-dealkylation sites (tertiary alicyclic amines) is 3. The monoisotopic (exact) mass is 360 g/mol. The van der Waals surface area contributed by atoms with Gasteiger partial charge in [0.05, 0.1) is 0 Å². The van der Waals surface area contributed by atoms with Gasteiger partial charge in [0, 0.05) is 50.1 Å². The molecule has 3 saturated heterocycles. The van der Waals surface area contributed by atoms with E-state index in [4.69, 9.17) is 0 Å². The van der Waals surface area contributed by atoms with Gasteiger partial charge in [0.25, 0.3) is 0 Å². The van der Waals surface area contributed by atoms with Crippen LogP contribution in [0.5, 0.6) is 0 Å². The number of carbonyl (C=O) groups is 1. The quantitative estimate of drug-likeness (QED) is 0.809. The number of halogens is 1. The zero-order valence-electron chi connectivity index (χ0n) is 16.2. The second-order valence-corrected chi connectivity index (χ2v) is 9.02. The summed E-state index contributed by atoms with van der Waals surface area (Å²) in [5.74, 6) is -0.196. The fourth-order valence-electron chi connectivity index (χ4n) is 5.94. The standard InChI is InChI=1S/C20H29FN4O/c1-22(2)17(15-6-5-7-16(21)8-15)18(26)25-13-19-9-23(3)10-20(19,14-25)12-24(4)11-19/h5-8,17H,9-14H2,1-4H3. The molecule has 3 heterocycles. The van der Waals surface area contributed by atoms with Crippen molar-refractivity contribution in [2.24, 2.45) is 10.8 Å². The van der Waals surface area contributed by atoms with Crippen LogP contribution in [0.2, 0.25) is 0 Å². The Balaban J connectivity index is 1.61. The van der Waals surface area contributed by atoms with Crippen LogP contribution in [0.25, 0.3) is 0 Å². The van der Waals surface area contributed by atoms with Crippen LogP contribution in [0.15, 0.2) is 24.3 Å². The number of nitrogens with zero attached hydrogens (tertiary/aromatic N) is 4. The Morgan fingerprint density at radius 1 is 1.04 bits per heavy atom. The molecule has 3 aliphatic heterocycles. The molecular weight excluding hydrogens is 331 g/mol. The fraction of sp³-hybridized carbons (Fsp3) is 0.650. The van der Waals surface area contributed by atoms with Crippen molar-refractivity contribution in [2.75, 3.05) is 67.5 Å². The van der Waals surface area contributed by atoms with Crippen molar-refractivity contribution in [3.8, 4) is 0 Å². The summed E-state index contributed by atoms with van der Waals surface area (Å²) < 4.78 is 13.7. The molecule has 0 spiro atoms. The zero-order chi connectivity index (χ0) is 18.7. The minimum atomic E-state index is -0.437. The van der Waals surface area contributed by atoms with Crippen LogP contribution < -0.4 is 0 Å². The first-order valence-corrected chi connectivity index (χ1v) is 9.33. The highest BCUT2D eigenvalue weighted by atomic mass is 19.1. The Bertz CT molecular complexity index is 684. The first-order chi connectivity index (χ1) is 12.3. The predicted octanol–water partition coefficient (Wildman–Crippen LogP) is 1.13. The number of benzene rings is 1. The third-order valence-electron chi connectivity index (χ3n) is 6.63. The smallest absolute Gasteiger partial charge is 0.244 e. The molecule has 26 heavy (non-hydrogen) atoms. The molecule has 6 heteroatoms. The van der Waals surface area contributed by atoms with Crippen LogP contribution >= 0.6 is 0 Å². The number of hydrogen-bond donors (Lipinski definition) is 0. The SMILES string of the molecule is CN1CC23CN(C)CC2(C1)CN(C(=O)C(c1cccc(F)c1)N(C)C)C3. The number of amides is 1. The van der Waals surface area contributed by atoms with Crippen LogP contribution in [-0.2, 0) is 4.79 Å². The van der Waals surface area contributed by atoms with Crippen LogP contribution in [0.1, 0.15) is 11.6 Å². The van der Waals surface area contributed by atoms with Crippen molar-refractivity contribution in [1.29, 1.82) is 0 Å². The van der Waals surface area contributed by atoms with E-state index in [1.807, 2.05) is 25.1 Å². The van der Waals surface area contributed by atoms with E-state index in [-0.39, 0.29) is 22.6 Å². The van der Waals surface area contributed by atoms with Gasteiger partial charge in [-0.25, -0.2) is 4.39 Å². The predicted molar refractivity (Wildman–Crippen MR) is 99.3 cm³/mol. The van der Waals surface area contributed by atoms with Gasteiger partial charge in [-0.15, -0.1) is 0 Å². The molecule has 0 aliphatic carbocycles. The Kier molecular flexibility index (Phi) is 4.13. The van der Waals surface area contributed by atoms with E-state index in [0.29, 0.717) is 0 Å². The lowest BCUT2D eigenvalue weighted by molar-refractivity contribution is -0.136. The molecule has 0 radical (unpaired) electrons. The molecule has 1 aromatic rings. The second kappa shape index (κ2) is 6.01. The molecule has 3 fully saturated rings. The lowest BCUT2D eigenvalue weighted by atomic mass is 9.71. The summed E-state index contributed by atoms with van der Waals surface area (Å²) in [6, 6.07) is 6.01. The van der Waals surface area contributed by atoms with Crippen LogP contribution in [0.3, 0.4) is 0 Å². The van der Waals surface area contributed by atoms with Gasteiger partial charge in [-0.3, -0.25) is 9.69 Å². The average Bonchev–Trinajstić information content (AvgIpc) is 3.01. The highest BCUT2D eigenvalue weighted by Crippen LogP contribution is 2.56. The van der Waals surface area contributed by atoms with Gasteiger partial charge in [0.2, 0.25) is 5.91 Å². The van der Waals surface area contributed by atoms with Gasteiger partial charge in [0.15, 0.2) is 0 Å². The first kappa shape index (κ1) is 17.9. The van der Waals surface area contributed by atoms with Gasteiger partial charge in [-0.2, -0.15) is 0 Å². The molecule has 0 bridgehead atoms. The largest absolute Gasteiger partial charge is 0.340 e. The van der Waals surface area contributed by atoms with Crippen molar-refractivity contribution >= 4 is 5.91 Å². The molecule has 1 unspecified atom stereocenters. The number of carbonyl (C=O) groups excluding carboxylic acids is 1. The van der Waals surface area contributed by atoms with E-state index in [1.165, 1.54) is 12.1 Å². The second-order valence-electron chi connectivity index (χ2n) is 9.02. The molecule has 4 rings (SSSR count). The van der Waals surface area contributed by atoms with E-state index in [0.717, 1.165) is 44.8 Å². The van der Waals surface area contributed by atoms with Gasteiger partial charge in [-0.1, -0.05) is 12.1 Å². The van der Waals surface area contributed by atoms with Crippen LogP contribution in [0.4, 0.5) is 4.39 Å². The summed E-state index contributed by atoms with van der Waals surface area (Å²) in [6.07, 6.45) is 0. The lowest BCUT2D eigenvalue weighted by Gasteiger charge is -2.32. The molecule has 1 aromatic carbocycles. The minimum absolute atomic E-state index is 0.0981. The summed E-state index contributed by atoms with van der Waals surface area (Å²) in [4.78, 5) is 22.2. The minimum Gasteiger partial charge on any atom is -0.340 e. The summed E-state index contributed by atoms with van der Waals surface area (Å²) in [7, 11) is 8.16. The van der Waals surface area contributed by atoms with E-state index in [2.05, 4.69) is 28.8 Å². The van der Waals surface area contributed by atoms with Crippen molar-refractivity contribution in [1.82, 2.24) is 19.6 Å². The Morgan fingerprint density at radius 3 is 2.04 bits per heavy atom. The maximum atomic E-state index is 13.7. The van der Waals surface area contributed by atoms with E-state index < -0.39 is 6.04 Å². The normalized spacial score (nSPS) is 32.9. The molecule has 1 atom stereocenters. The van der Waals surface area contributed by atoms with Crippen LogP contribution in [0, 0.1) is 16.6 Å². The summed E-state index contributed by atoms with van der Waals surface area (Å²) >= 11 is 0. The van der Waals surface area contributed by atoms with Gasteiger partial charge in [0.1, 0.15) is 11.9 Å². The van der Waals surface area contributed by atoms with Crippen molar-refractivity contribution in [3.05, 3.63) is 35.6 Å². The topological polar surface area (TPSA) is 30.0 Å². The summed E-state index contributed by atoms with van der Waals surface area (Å²) in [5, 5.41) is 0. The Hall–Kier alpha value is -1.50. The Labute approximate surface area is 155 Å². The van der Waals surface area contributed by atoms with Crippen molar-refractivity contribution in [3.63, 3.8) is 0 Å². The van der Waals surface area contributed by atoms with Crippen molar-refractivity contribution in [2.45, 2.75) is 6.04 Å². The fourth-order valence-corrected chi connectivity index (χ4v) is 5.94. The zero-order valence-corrected chi connectivity index (χ0v) is 16.2. The van der Waals surface area contributed by atoms with Gasteiger partial charge < -0.3 is 14.7 Å². The molecule has 3 aliphatic rings. The summed E-state index contributed by atoms with van der Waals surface area (Å²) in [6.45, 7) is 5.81. The molecule has 5 nitrogen and oxygen atoms in total. The third-order valence-corrected chi connectivity index (χ3v) is 6.63. The van der Waals surface area contributed by atoms with Crippen LogP contribution in [-0.4, -0.2) is 93.0 Å². The molecule has 0 saturated carbocycles. The molecule has 142 valence electrons. The first-order valence-electron chi connectivity index (χ1n) is 9.33. The number of rotatable bonds is 3. The molecular formula is C20H29FN4O. The molecule has 0 aromatic heterocycles. The Morgan fingerprint density at radius 2 is 1.58 bits per heavy atom. The number of likely N-dealkylation sites (N-methyl/N-ethyl adjacent to an activating group) is 1. The van der Waals surface area contributed by atoms with E-state index >= 15 is 0 Å². The highest BCUT2D eigenvalue weighted by Gasteiger charge is 2.66. The lowest BCUT2D eigenvalue weighted by Crippen LogP contribution is -2.44. The van der Waals surface area contributed by atoms with Crippen molar-refractivity contribution < 1.29 is 9.18 Å². The maximum Gasteiger partial charge on any atom is 0.244 e. The van der Waals surface area contributed by atoms with Gasteiger partial charge in [-0.05, 0) is 45.9 Å². The van der Waals surface area contributed by atoms with Gasteiger partial charge >= 0.3 is 0 Å². The molecule has 0 N–H and O–H groups in total. The highest BCUT2D eigenvalue weighted by molar-refractivity contribution is 5.84. The molecule has 1 amide bonds. The third kappa shape index (κ3) is 2.58. The average molecular weight is 360 g/mol. The summed E-state index contributed by atoms with van der Waals surface area (Å²) in [5.41, 5.74) is 1.07.